The molecule has 230 valence electrons. The molecule has 2 aromatic carbocycles. The first-order chi connectivity index (χ1) is 20.1. The maximum absolute atomic E-state index is 13.7. The second kappa shape index (κ2) is 14.4. The fourth-order valence-electron chi connectivity index (χ4n) is 6.36. The Morgan fingerprint density at radius 3 is 2.48 bits per heavy atom. The van der Waals surface area contributed by atoms with Crippen molar-refractivity contribution in [3.63, 3.8) is 0 Å². The minimum atomic E-state index is -1.17. The van der Waals surface area contributed by atoms with Crippen molar-refractivity contribution in [2.75, 3.05) is 26.8 Å². The number of nitrogens with zero attached hydrogens (tertiary/aromatic N) is 1. The topological polar surface area (TPSA) is 97.3 Å². The summed E-state index contributed by atoms with van der Waals surface area (Å²) >= 11 is 0. The number of rotatable bonds is 11. The Morgan fingerprint density at radius 1 is 1.00 bits per heavy atom. The summed E-state index contributed by atoms with van der Waals surface area (Å²) in [5.74, 6) is 1.17. The second-order valence-electron chi connectivity index (χ2n) is 12.8. The van der Waals surface area contributed by atoms with Gasteiger partial charge in [-0.25, -0.2) is 4.79 Å². The quantitative estimate of drug-likeness (QED) is 0.298. The molecule has 1 saturated heterocycles. The van der Waals surface area contributed by atoms with Crippen LogP contribution in [0.1, 0.15) is 77.7 Å². The maximum Gasteiger partial charge on any atom is 0.407 e. The monoisotopic (exact) mass is 580 g/mol. The van der Waals surface area contributed by atoms with Crippen LogP contribution >= 0.6 is 0 Å². The number of methoxy groups -OCH3 is 1. The lowest BCUT2D eigenvalue weighted by Gasteiger charge is -2.44. The van der Waals surface area contributed by atoms with Gasteiger partial charge in [-0.2, -0.15) is 0 Å². The molecule has 0 radical (unpaired) electrons. The SMILES string of the molecule is COCCCCC(O)(c1ccccc1Oc1ccccc1)[C@@H]1CCCN(C(=O)[C@@H]2CC[C@H](NC(=O)OC(C)(C)C)C2)C1. The molecule has 1 saturated carbocycles. The highest BCUT2D eigenvalue weighted by Crippen LogP contribution is 2.44. The van der Waals surface area contributed by atoms with E-state index in [1.54, 1.807) is 7.11 Å². The van der Waals surface area contributed by atoms with Gasteiger partial charge in [-0.1, -0.05) is 36.4 Å². The Balaban J connectivity index is 1.49. The Bertz CT molecular complexity index is 1170. The van der Waals surface area contributed by atoms with Crippen molar-refractivity contribution in [3.8, 4) is 11.5 Å². The summed E-state index contributed by atoms with van der Waals surface area (Å²) < 4.78 is 17.0. The molecule has 2 N–H and O–H groups in total. The van der Waals surface area contributed by atoms with E-state index >= 15 is 0 Å². The van der Waals surface area contributed by atoms with E-state index < -0.39 is 17.3 Å². The first-order valence-corrected chi connectivity index (χ1v) is 15.4. The first-order valence-electron chi connectivity index (χ1n) is 15.4. The number of likely N-dealkylation sites (tertiary alicyclic amines) is 1. The van der Waals surface area contributed by atoms with E-state index in [0.29, 0.717) is 44.0 Å². The van der Waals surface area contributed by atoms with Crippen LogP contribution in [0.15, 0.2) is 54.6 Å². The number of hydrogen-bond acceptors (Lipinski definition) is 6. The van der Waals surface area contributed by atoms with Gasteiger partial charge < -0.3 is 29.5 Å². The fourth-order valence-corrected chi connectivity index (χ4v) is 6.36. The molecule has 1 aliphatic heterocycles. The molecule has 1 heterocycles. The van der Waals surface area contributed by atoms with Crippen LogP contribution in [0.3, 0.4) is 0 Å². The van der Waals surface area contributed by atoms with E-state index in [2.05, 4.69) is 5.32 Å². The van der Waals surface area contributed by atoms with Gasteiger partial charge in [0.2, 0.25) is 5.91 Å². The number of piperidine rings is 1. The van der Waals surface area contributed by atoms with E-state index in [0.717, 1.165) is 44.1 Å². The Kier molecular flexibility index (Phi) is 10.9. The predicted octanol–water partition coefficient (Wildman–Crippen LogP) is 6.42. The lowest BCUT2D eigenvalue weighted by Crippen LogP contribution is -2.49. The normalized spacial score (nSPS) is 22.3. The summed E-state index contributed by atoms with van der Waals surface area (Å²) in [4.78, 5) is 28.0. The number of unbranched alkanes of at least 4 members (excludes halogenated alkanes) is 1. The summed E-state index contributed by atoms with van der Waals surface area (Å²) in [6.07, 6.45) is 5.46. The van der Waals surface area contributed by atoms with Gasteiger partial charge in [-0.15, -0.1) is 0 Å². The average molecular weight is 581 g/mol. The lowest BCUT2D eigenvalue weighted by atomic mass is 9.73. The summed E-state index contributed by atoms with van der Waals surface area (Å²) in [7, 11) is 1.69. The van der Waals surface area contributed by atoms with Gasteiger partial charge in [0.25, 0.3) is 0 Å². The third-order valence-corrected chi connectivity index (χ3v) is 8.39. The van der Waals surface area contributed by atoms with Gasteiger partial charge in [0, 0.05) is 50.2 Å². The smallest absolute Gasteiger partial charge is 0.407 e. The number of carbonyl (C=O) groups excluding carboxylic acids is 2. The van der Waals surface area contributed by atoms with Crippen LogP contribution in [-0.2, 0) is 19.9 Å². The number of benzene rings is 2. The first kappa shape index (κ1) is 31.8. The summed E-state index contributed by atoms with van der Waals surface area (Å²) in [5, 5.41) is 15.5. The Hall–Kier alpha value is -3.10. The average Bonchev–Trinajstić information content (AvgIpc) is 3.43. The van der Waals surface area contributed by atoms with Crippen molar-refractivity contribution in [3.05, 3.63) is 60.2 Å². The minimum Gasteiger partial charge on any atom is -0.457 e. The minimum absolute atomic E-state index is 0.0749. The van der Waals surface area contributed by atoms with Crippen LogP contribution in [-0.4, -0.2) is 60.5 Å². The molecule has 0 aromatic heterocycles. The van der Waals surface area contributed by atoms with Crippen LogP contribution < -0.4 is 10.1 Å². The van der Waals surface area contributed by atoms with Gasteiger partial charge in [0.15, 0.2) is 0 Å². The molecule has 1 aliphatic carbocycles. The van der Waals surface area contributed by atoms with Crippen molar-refractivity contribution in [2.24, 2.45) is 11.8 Å². The molecule has 4 atom stereocenters. The molecule has 2 fully saturated rings. The zero-order valence-electron chi connectivity index (χ0n) is 25.6. The number of amides is 2. The summed E-state index contributed by atoms with van der Waals surface area (Å²) in [5.41, 5.74) is -0.978. The number of hydrogen-bond donors (Lipinski definition) is 2. The summed E-state index contributed by atoms with van der Waals surface area (Å²) in [6.45, 7) is 7.31. The van der Waals surface area contributed by atoms with E-state index in [9.17, 15) is 14.7 Å². The number of alkyl carbamates (subject to hydrolysis) is 1. The molecule has 2 amide bonds. The zero-order valence-corrected chi connectivity index (χ0v) is 25.6. The Labute approximate surface area is 250 Å². The number of nitrogens with one attached hydrogen (secondary N) is 1. The van der Waals surface area contributed by atoms with E-state index in [1.807, 2.05) is 80.3 Å². The fraction of sp³-hybridized carbons (Fsp3) is 0.588. The molecule has 2 aromatic rings. The third kappa shape index (κ3) is 8.48. The Morgan fingerprint density at radius 2 is 1.74 bits per heavy atom. The molecule has 2 aliphatic rings. The standard InChI is InChI=1S/C34H48N2O6/c1-33(2,3)42-32(38)35-27-19-18-25(23-27)31(37)36-21-12-13-26(24-36)34(39,20-10-11-22-40-4)29-16-8-9-17-30(29)41-28-14-6-5-7-15-28/h5-9,14-17,25-27,39H,10-13,18-24H2,1-4H3,(H,35,38)/t25-,26-,27+,34?/m1/s1. The van der Waals surface area contributed by atoms with Crippen molar-refractivity contribution >= 4 is 12.0 Å². The van der Waals surface area contributed by atoms with Gasteiger partial charge >= 0.3 is 6.09 Å². The van der Waals surface area contributed by atoms with Crippen molar-refractivity contribution < 1.29 is 28.9 Å². The van der Waals surface area contributed by atoms with E-state index in [-0.39, 0.29) is 23.8 Å². The van der Waals surface area contributed by atoms with Crippen LogP contribution in [0.25, 0.3) is 0 Å². The number of para-hydroxylation sites is 2. The summed E-state index contributed by atoms with van der Waals surface area (Å²) in [6, 6.07) is 17.3. The van der Waals surface area contributed by atoms with E-state index in [4.69, 9.17) is 14.2 Å². The highest BCUT2D eigenvalue weighted by atomic mass is 16.6. The molecule has 8 heteroatoms. The highest BCUT2D eigenvalue weighted by molar-refractivity contribution is 5.79. The second-order valence-corrected chi connectivity index (χ2v) is 12.8. The van der Waals surface area contributed by atoms with Crippen LogP contribution in [0.5, 0.6) is 11.5 Å². The van der Waals surface area contributed by atoms with Gasteiger partial charge in [-0.05, 0) is 90.3 Å². The van der Waals surface area contributed by atoms with Gasteiger partial charge in [0.05, 0.1) is 5.60 Å². The molecular weight excluding hydrogens is 532 g/mol. The molecule has 0 spiro atoms. The zero-order chi connectivity index (χ0) is 30.2. The van der Waals surface area contributed by atoms with Crippen molar-refractivity contribution in [2.45, 2.75) is 89.4 Å². The number of aliphatic hydroxyl groups is 1. The molecule has 8 nitrogen and oxygen atoms in total. The molecule has 42 heavy (non-hydrogen) atoms. The van der Waals surface area contributed by atoms with Crippen molar-refractivity contribution in [1.29, 1.82) is 0 Å². The number of carbonyl (C=O) groups is 2. The van der Waals surface area contributed by atoms with Crippen LogP contribution in [0.2, 0.25) is 0 Å². The predicted molar refractivity (Wildman–Crippen MR) is 162 cm³/mol. The lowest BCUT2D eigenvalue weighted by molar-refractivity contribution is -0.141. The molecule has 0 bridgehead atoms. The van der Waals surface area contributed by atoms with E-state index in [1.165, 1.54) is 0 Å². The molecular formula is C34H48N2O6. The number of ether oxygens (including phenoxy) is 3. The third-order valence-electron chi connectivity index (χ3n) is 8.39. The van der Waals surface area contributed by atoms with Crippen molar-refractivity contribution in [1.82, 2.24) is 10.2 Å². The van der Waals surface area contributed by atoms with Crippen LogP contribution in [0.4, 0.5) is 4.79 Å². The van der Waals surface area contributed by atoms with Crippen LogP contribution in [0, 0.1) is 11.8 Å². The van der Waals surface area contributed by atoms with Gasteiger partial charge in [-0.3, -0.25) is 4.79 Å². The maximum atomic E-state index is 13.7. The molecule has 4 rings (SSSR count). The van der Waals surface area contributed by atoms with Gasteiger partial charge in [0.1, 0.15) is 17.1 Å². The molecule has 1 unspecified atom stereocenters. The highest BCUT2D eigenvalue weighted by Gasteiger charge is 2.44. The largest absolute Gasteiger partial charge is 0.457 e.